The van der Waals surface area contributed by atoms with Gasteiger partial charge in [-0.15, -0.1) is 11.3 Å². The van der Waals surface area contributed by atoms with Crippen molar-refractivity contribution >= 4 is 50.9 Å². The van der Waals surface area contributed by atoms with E-state index in [0.29, 0.717) is 17.9 Å². The minimum atomic E-state index is -3.68. The van der Waals surface area contributed by atoms with Crippen LogP contribution in [-0.2, 0) is 35.7 Å². The van der Waals surface area contributed by atoms with Crippen molar-refractivity contribution in [3.8, 4) is 0 Å². The molecule has 50 heavy (non-hydrogen) atoms. The normalized spacial score (nSPS) is 27.4. The van der Waals surface area contributed by atoms with Crippen LogP contribution in [0.4, 0.5) is 4.79 Å². The quantitative estimate of drug-likeness (QED) is 0.238. The molecule has 5 N–H and O–H groups in total. The Morgan fingerprint density at radius 3 is 2.30 bits per heavy atom. The van der Waals surface area contributed by atoms with Gasteiger partial charge < -0.3 is 26.6 Å². The number of Topliss-reactive ketones (excluding diaryl/α,β-unsaturated/α-hetero) is 1. The van der Waals surface area contributed by atoms with Gasteiger partial charge in [-0.2, -0.15) is 4.31 Å². The van der Waals surface area contributed by atoms with Crippen molar-refractivity contribution in [3.63, 3.8) is 0 Å². The van der Waals surface area contributed by atoms with E-state index in [1.807, 2.05) is 20.8 Å². The number of nitrogens with two attached hydrogens (primary N) is 1. The number of carbonyl (C=O) groups excluding carboxylic acids is 5. The van der Waals surface area contributed by atoms with E-state index in [-0.39, 0.29) is 48.1 Å². The van der Waals surface area contributed by atoms with E-state index in [9.17, 15) is 32.4 Å². The second-order valence-electron chi connectivity index (χ2n) is 16.8. The van der Waals surface area contributed by atoms with Gasteiger partial charge >= 0.3 is 6.03 Å². The molecule has 0 radical (unpaired) electrons. The van der Waals surface area contributed by atoms with Crippen LogP contribution in [0, 0.1) is 34.5 Å². The first kappa shape index (κ1) is 36.7. The first-order valence-corrected chi connectivity index (χ1v) is 20.3. The topological polar surface area (TPSA) is 188 Å². The Morgan fingerprint density at radius 1 is 1.02 bits per heavy atom. The van der Waals surface area contributed by atoms with E-state index in [1.54, 1.807) is 16.3 Å². The van der Waals surface area contributed by atoms with E-state index in [4.69, 9.17) is 5.73 Å². The molecule has 4 fully saturated rings. The second kappa shape index (κ2) is 13.5. The number of hydrogen-bond acceptors (Lipinski definition) is 8. The Morgan fingerprint density at radius 2 is 1.70 bits per heavy atom. The third kappa shape index (κ3) is 7.19. The highest BCUT2D eigenvalue weighted by Crippen LogP contribution is 2.65. The summed E-state index contributed by atoms with van der Waals surface area (Å²) in [6.45, 7) is 10.6. The summed E-state index contributed by atoms with van der Waals surface area (Å²) in [5.74, 6) is -2.70. The third-order valence-electron chi connectivity index (χ3n) is 12.0. The summed E-state index contributed by atoms with van der Waals surface area (Å²) in [5, 5.41) is 10.6. The number of primary amides is 1. The van der Waals surface area contributed by atoms with Crippen LogP contribution in [0.5, 0.6) is 0 Å². The molecular formula is C35H52N6O7S2. The average Bonchev–Trinajstić information content (AvgIpc) is 3.72. The standard InChI is InChI=1S/C35H52N6O7S2/c1-34(2,3)25(18-40-17-23-24(13-14-49-23)50(40,47)48)38-33(46)39-27(20-9-7-6-8-10-20)32(45)41-16-21-26(35(21,4)5)28(41)31(44)37-22(15-19-11-12-19)29(42)30(36)43/h13-14,19-22,25-28H,6-12,15-18H2,1-5H3,(H2,36,43)(H,37,44)(H2,38,39,46)/t21-,22?,25+,26-,27-,28-/m0/s1. The van der Waals surface area contributed by atoms with Gasteiger partial charge in [-0.1, -0.05) is 66.7 Å². The minimum Gasteiger partial charge on any atom is -0.363 e. The number of hydrogen-bond donors (Lipinski definition) is 4. The summed E-state index contributed by atoms with van der Waals surface area (Å²) in [6.07, 6.45) is 6.52. The van der Waals surface area contributed by atoms with Crippen molar-refractivity contribution in [3.05, 3.63) is 16.3 Å². The molecule has 3 saturated carbocycles. The third-order valence-corrected chi connectivity index (χ3v) is 14.9. The van der Waals surface area contributed by atoms with Crippen LogP contribution in [0.1, 0.15) is 90.9 Å². The number of rotatable bonds is 12. The molecule has 1 saturated heterocycles. The SMILES string of the molecule is CC(C)(C)[C@@H](CN1Cc2sccc2S1(=O)=O)NC(=O)N[C@H](C(=O)N1C[C@H]2[C@@H]([C@H]1C(=O)NC(CC1CC1)C(=O)C(N)=O)C2(C)C)C1CCCCC1. The fourth-order valence-electron chi connectivity index (χ4n) is 8.49. The number of nitrogens with zero attached hydrogens (tertiary/aromatic N) is 2. The number of carbonyl (C=O) groups is 5. The van der Waals surface area contributed by atoms with Crippen molar-refractivity contribution in [1.29, 1.82) is 0 Å². The maximum absolute atomic E-state index is 14.6. The van der Waals surface area contributed by atoms with Crippen LogP contribution in [0.25, 0.3) is 0 Å². The molecule has 2 aliphatic heterocycles. The number of amides is 5. The van der Waals surface area contributed by atoms with Gasteiger partial charge in [0.25, 0.3) is 5.91 Å². The molecule has 0 bridgehead atoms. The van der Waals surface area contributed by atoms with Crippen LogP contribution in [0.3, 0.4) is 0 Å². The number of ketones is 1. The maximum Gasteiger partial charge on any atom is 0.315 e. The summed E-state index contributed by atoms with van der Waals surface area (Å²) in [4.78, 5) is 69.7. The highest BCUT2D eigenvalue weighted by molar-refractivity contribution is 7.89. The second-order valence-corrected chi connectivity index (χ2v) is 19.7. The van der Waals surface area contributed by atoms with Gasteiger partial charge in [0.05, 0.1) is 10.9 Å². The Labute approximate surface area is 298 Å². The molecule has 276 valence electrons. The fourth-order valence-corrected chi connectivity index (χ4v) is 11.4. The number of urea groups is 1. The van der Waals surface area contributed by atoms with E-state index >= 15 is 0 Å². The number of piperidine rings is 1. The lowest BCUT2D eigenvalue weighted by Gasteiger charge is -2.38. The zero-order valence-electron chi connectivity index (χ0n) is 29.7. The minimum absolute atomic E-state index is 0.0710. The highest BCUT2D eigenvalue weighted by atomic mass is 32.2. The van der Waals surface area contributed by atoms with Crippen molar-refractivity contribution in [2.24, 2.45) is 40.2 Å². The smallest absolute Gasteiger partial charge is 0.315 e. The van der Waals surface area contributed by atoms with E-state index in [2.05, 4.69) is 29.8 Å². The van der Waals surface area contributed by atoms with Crippen molar-refractivity contribution in [2.45, 2.75) is 122 Å². The predicted molar refractivity (Wildman–Crippen MR) is 187 cm³/mol. The number of fused-ring (bicyclic) bond motifs is 2. The Bertz CT molecular complexity index is 1640. The largest absolute Gasteiger partial charge is 0.363 e. The number of sulfonamides is 1. The summed E-state index contributed by atoms with van der Waals surface area (Å²) in [5.41, 5.74) is 4.63. The summed E-state index contributed by atoms with van der Waals surface area (Å²) in [6, 6.07) is -2.32. The molecule has 6 atom stereocenters. The van der Waals surface area contributed by atoms with Gasteiger partial charge in [-0.05, 0) is 65.2 Å². The zero-order chi connectivity index (χ0) is 36.3. The molecule has 0 spiro atoms. The Balaban J connectivity index is 1.20. The summed E-state index contributed by atoms with van der Waals surface area (Å²) in [7, 11) is -3.68. The molecule has 6 rings (SSSR count). The molecule has 5 aliphatic rings. The van der Waals surface area contributed by atoms with Gasteiger partial charge in [-0.3, -0.25) is 19.2 Å². The van der Waals surface area contributed by atoms with E-state index in [0.717, 1.165) is 49.8 Å². The molecule has 3 heterocycles. The number of thiophene rings is 1. The molecule has 1 aromatic heterocycles. The zero-order valence-corrected chi connectivity index (χ0v) is 31.3. The summed E-state index contributed by atoms with van der Waals surface area (Å²) >= 11 is 1.39. The van der Waals surface area contributed by atoms with Crippen molar-refractivity contribution in [1.82, 2.24) is 25.2 Å². The molecule has 1 aromatic rings. The lowest BCUT2D eigenvalue weighted by atomic mass is 9.83. The van der Waals surface area contributed by atoms with Crippen LogP contribution in [0.2, 0.25) is 0 Å². The molecule has 5 amide bonds. The van der Waals surface area contributed by atoms with Gasteiger partial charge in [-0.25, -0.2) is 13.2 Å². The van der Waals surface area contributed by atoms with Gasteiger partial charge in [0.1, 0.15) is 12.1 Å². The van der Waals surface area contributed by atoms with Gasteiger partial charge in [0, 0.05) is 30.6 Å². The summed E-state index contributed by atoms with van der Waals surface area (Å²) < 4.78 is 27.9. The first-order valence-electron chi connectivity index (χ1n) is 18.0. The molecule has 15 heteroatoms. The lowest BCUT2D eigenvalue weighted by Crippen LogP contribution is -2.61. The van der Waals surface area contributed by atoms with Crippen LogP contribution < -0.4 is 21.7 Å². The number of nitrogens with one attached hydrogen (secondary N) is 3. The fraction of sp³-hybridized carbons (Fsp3) is 0.743. The van der Waals surface area contributed by atoms with Gasteiger partial charge in [0.2, 0.25) is 27.6 Å². The highest BCUT2D eigenvalue weighted by Gasteiger charge is 2.70. The van der Waals surface area contributed by atoms with Crippen LogP contribution in [-0.4, -0.2) is 84.4 Å². The first-order chi connectivity index (χ1) is 23.4. The van der Waals surface area contributed by atoms with Crippen molar-refractivity contribution < 1.29 is 32.4 Å². The van der Waals surface area contributed by atoms with E-state index in [1.165, 1.54) is 15.6 Å². The molecule has 0 aromatic carbocycles. The van der Waals surface area contributed by atoms with Gasteiger partial charge in [0.15, 0.2) is 0 Å². The monoisotopic (exact) mass is 732 g/mol. The Hall–Kier alpha value is -3.04. The molecule has 3 aliphatic carbocycles. The lowest BCUT2D eigenvalue weighted by molar-refractivity contribution is -0.144. The molecule has 13 nitrogen and oxygen atoms in total. The number of likely N-dealkylation sites (tertiary alicyclic amines) is 1. The average molecular weight is 733 g/mol. The van der Waals surface area contributed by atoms with Crippen LogP contribution in [0.15, 0.2) is 16.3 Å². The van der Waals surface area contributed by atoms with Crippen molar-refractivity contribution in [2.75, 3.05) is 13.1 Å². The van der Waals surface area contributed by atoms with Crippen LogP contribution >= 0.6 is 11.3 Å². The maximum atomic E-state index is 14.6. The predicted octanol–water partition coefficient (Wildman–Crippen LogP) is 2.74. The molecular weight excluding hydrogens is 681 g/mol. The Kier molecular flexibility index (Phi) is 9.92. The van der Waals surface area contributed by atoms with E-state index < -0.39 is 63.2 Å². The molecule has 1 unspecified atom stereocenters.